The molecule has 7 heteroatoms. The lowest BCUT2D eigenvalue weighted by Crippen LogP contribution is -2.33. The maximum Gasteiger partial charge on any atom is 0.308 e. The summed E-state index contributed by atoms with van der Waals surface area (Å²) in [5.74, 6) is -0.637. The molecule has 0 bridgehead atoms. The Hall–Kier alpha value is -2.34. The van der Waals surface area contributed by atoms with Gasteiger partial charge in [-0.25, -0.2) is 4.68 Å². The van der Waals surface area contributed by atoms with Gasteiger partial charge in [0.1, 0.15) is 5.15 Å². The summed E-state index contributed by atoms with van der Waals surface area (Å²) in [4.78, 5) is 24.3. The van der Waals surface area contributed by atoms with Gasteiger partial charge in [0.15, 0.2) is 0 Å². The number of aryl methyl sites for hydroxylation is 1. The summed E-state index contributed by atoms with van der Waals surface area (Å²) in [5, 5.41) is 7.63. The molecular formula is C18H20ClN3O3. The van der Waals surface area contributed by atoms with Gasteiger partial charge in [0.2, 0.25) is 0 Å². The maximum atomic E-state index is 12.7. The average Bonchev–Trinajstić information content (AvgIpc) is 3.19. The van der Waals surface area contributed by atoms with E-state index in [9.17, 15) is 9.59 Å². The molecule has 6 nitrogen and oxygen atoms in total. The Kier molecular flexibility index (Phi) is 5.08. The second-order valence-electron chi connectivity index (χ2n) is 6.20. The maximum absolute atomic E-state index is 12.7. The Labute approximate surface area is 151 Å². The smallest absolute Gasteiger partial charge is 0.308 e. The van der Waals surface area contributed by atoms with Crippen molar-refractivity contribution >= 4 is 23.5 Å². The minimum Gasteiger partial charge on any atom is -0.469 e. The van der Waals surface area contributed by atoms with Crippen LogP contribution in [0.15, 0.2) is 30.3 Å². The third-order valence-electron chi connectivity index (χ3n) is 4.53. The summed E-state index contributed by atoms with van der Waals surface area (Å²) in [6.45, 7) is 1.76. The van der Waals surface area contributed by atoms with Gasteiger partial charge in [-0.2, -0.15) is 5.10 Å². The van der Waals surface area contributed by atoms with Crippen molar-refractivity contribution in [2.45, 2.75) is 32.2 Å². The number of hydrogen-bond donors (Lipinski definition) is 1. The third-order valence-corrected chi connectivity index (χ3v) is 4.88. The molecule has 1 saturated carbocycles. The molecule has 2 atom stereocenters. The monoisotopic (exact) mass is 361 g/mol. The van der Waals surface area contributed by atoms with Crippen molar-refractivity contribution in [3.63, 3.8) is 0 Å². The highest BCUT2D eigenvalue weighted by Crippen LogP contribution is 2.28. The average molecular weight is 362 g/mol. The van der Waals surface area contributed by atoms with Gasteiger partial charge in [0.25, 0.3) is 5.91 Å². The topological polar surface area (TPSA) is 73.2 Å². The predicted octanol–water partition coefficient (Wildman–Crippen LogP) is 2.91. The number of esters is 1. The van der Waals surface area contributed by atoms with Gasteiger partial charge >= 0.3 is 5.97 Å². The zero-order chi connectivity index (χ0) is 18.0. The van der Waals surface area contributed by atoms with Gasteiger partial charge < -0.3 is 10.1 Å². The van der Waals surface area contributed by atoms with Crippen LogP contribution in [-0.2, 0) is 9.53 Å². The minimum absolute atomic E-state index is 0.0628. The highest BCUT2D eigenvalue weighted by Gasteiger charge is 2.32. The molecule has 1 fully saturated rings. The molecule has 1 amide bonds. The third kappa shape index (κ3) is 3.54. The van der Waals surface area contributed by atoms with Crippen LogP contribution in [0, 0.1) is 12.8 Å². The first-order valence-electron chi connectivity index (χ1n) is 8.20. The Bertz CT molecular complexity index is 788. The number of hydrogen-bond acceptors (Lipinski definition) is 4. The number of halogens is 1. The molecule has 1 aromatic carbocycles. The fraction of sp³-hybridized carbons (Fsp3) is 0.389. The molecule has 1 aromatic heterocycles. The van der Waals surface area contributed by atoms with E-state index in [-0.39, 0.29) is 29.0 Å². The molecule has 1 N–H and O–H groups in total. The van der Waals surface area contributed by atoms with Gasteiger partial charge in [-0.15, -0.1) is 0 Å². The fourth-order valence-corrected chi connectivity index (χ4v) is 3.61. The van der Waals surface area contributed by atoms with Crippen LogP contribution in [0.5, 0.6) is 0 Å². The molecule has 25 heavy (non-hydrogen) atoms. The normalized spacial score (nSPS) is 19.6. The lowest BCUT2D eigenvalue weighted by molar-refractivity contribution is -0.145. The Balaban J connectivity index is 1.75. The van der Waals surface area contributed by atoms with Gasteiger partial charge in [0, 0.05) is 6.04 Å². The number of rotatable bonds is 4. The number of nitrogens with one attached hydrogen (secondary N) is 1. The van der Waals surface area contributed by atoms with Crippen molar-refractivity contribution in [1.29, 1.82) is 0 Å². The van der Waals surface area contributed by atoms with E-state index < -0.39 is 0 Å². The fourth-order valence-electron chi connectivity index (χ4n) is 3.25. The quantitative estimate of drug-likeness (QED) is 0.850. The molecule has 0 spiro atoms. The molecule has 0 radical (unpaired) electrons. The minimum atomic E-state index is -0.264. The Morgan fingerprint density at radius 3 is 2.68 bits per heavy atom. The molecule has 132 valence electrons. The molecular weight excluding hydrogens is 342 g/mol. The van der Waals surface area contributed by atoms with Gasteiger partial charge in [-0.3, -0.25) is 9.59 Å². The number of aromatic nitrogens is 2. The lowest BCUT2D eigenvalue weighted by atomic mass is 10.1. The number of carbonyl (C=O) groups is 2. The zero-order valence-corrected chi connectivity index (χ0v) is 14.9. The van der Waals surface area contributed by atoms with Crippen LogP contribution in [0.2, 0.25) is 5.15 Å². The van der Waals surface area contributed by atoms with Gasteiger partial charge in [-0.05, 0) is 38.3 Å². The molecule has 1 aliphatic rings. The first-order chi connectivity index (χ1) is 12.0. The predicted molar refractivity (Wildman–Crippen MR) is 93.9 cm³/mol. The number of para-hydroxylation sites is 1. The number of benzene rings is 1. The number of amides is 1. The van der Waals surface area contributed by atoms with Gasteiger partial charge in [0.05, 0.1) is 30.0 Å². The Morgan fingerprint density at radius 2 is 2.00 bits per heavy atom. The standard InChI is InChI=1S/C18H20ClN3O3/c1-11-15(16(19)22(21-11)14-6-4-3-5-7-14)17(23)20-13-9-8-12(10-13)18(24)25-2/h3-7,12-13H,8-10H2,1-2H3,(H,20,23)/t12-,13+/m0/s1. The lowest BCUT2D eigenvalue weighted by Gasteiger charge is -2.13. The molecule has 0 unspecified atom stereocenters. The molecule has 2 aromatic rings. The number of methoxy groups -OCH3 is 1. The van der Waals surface area contributed by atoms with E-state index in [4.69, 9.17) is 16.3 Å². The van der Waals surface area contributed by atoms with Crippen LogP contribution in [0.1, 0.15) is 35.3 Å². The van der Waals surface area contributed by atoms with Crippen LogP contribution in [0.4, 0.5) is 0 Å². The number of ether oxygens (including phenoxy) is 1. The van der Waals surface area contributed by atoms with Crippen LogP contribution in [0.25, 0.3) is 5.69 Å². The molecule has 1 heterocycles. The highest BCUT2D eigenvalue weighted by molar-refractivity contribution is 6.33. The Morgan fingerprint density at radius 1 is 1.28 bits per heavy atom. The first kappa shape index (κ1) is 17.5. The van der Waals surface area contributed by atoms with Crippen molar-refractivity contribution in [2.75, 3.05) is 7.11 Å². The van der Waals surface area contributed by atoms with Crippen molar-refractivity contribution in [3.05, 3.63) is 46.7 Å². The van der Waals surface area contributed by atoms with Crippen molar-refractivity contribution < 1.29 is 14.3 Å². The van der Waals surface area contributed by atoms with Crippen LogP contribution >= 0.6 is 11.6 Å². The largest absolute Gasteiger partial charge is 0.469 e. The summed E-state index contributed by atoms with van der Waals surface area (Å²) in [6.07, 6.45) is 2.05. The van der Waals surface area contributed by atoms with Crippen LogP contribution < -0.4 is 5.32 Å². The van der Waals surface area contributed by atoms with Crippen molar-refractivity contribution in [1.82, 2.24) is 15.1 Å². The summed E-state index contributed by atoms with van der Waals surface area (Å²) in [5.41, 5.74) is 1.72. The van der Waals surface area contributed by atoms with Crippen LogP contribution in [0.3, 0.4) is 0 Å². The molecule has 0 aliphatic heterocycles. The number of nitrogens with zero attached hydrogens (tertiary/aromatic N) is 2. The van der Waals surface area contributed by atoms with E-state index in [1.165, 1.54) is 7.11 Å². The SMILES string of the molecule is COC(=O)[C@H]1CC[C@@H](NC(=O)c2c(C)nn(-c3ccccc3)c2Cl)C1. The molecule has 3 rings (SSSR count). The van der Waals surface area contributed by atoms with E-state index >= 15 is 0 Å². The summed E-state index contributed by atoms with van der Waals surface area (Å²) in [7, 11) is 1.38. The molecule has 0 saturated heterocycles. The summed E-state index contributed by atoms with van der Waals surface area (Å²) < 4.78 is 6.33. The van der Waals surface area contributed by atoms with E-state index in [2.05, 4.69) is 10.4 Å². The van der Waals surface area contributed by atoms with E-state index in [1.807, 2.05) is 30.3 Å². The first-order valence-corrected chi connectivity index (χ1v) is 8.58. The molecule has 1 aliphatic carbocycles. The van der Waals surface area contributed by atoms with E-state index in [0.29, 0.717) is 24.1 Å². The second kappa shape index (κ2) is 7.27. The van der Waals surface area contributed by atoms with Crippen LogP contribution in [-0.4, -0.2) is 34.8 Å². The van der Waals surface area contributed by atoms with Gasteiger partial charge in [-0.1, -0.05) is 29.8 Å². The summed E-state index contributed by atoms with van der Waals surface area (Å²) >= 11 is 6.41. The second-order valence-corrected chi connectivity index (χ2v) is 6.56. The highest BCUT2D eigenvalue weighted by atomic mass is 35.5. The number of carbonyl (C=O) groups excluding carboxylic acids is 2. The summed E-state index contributed by atoms with van der Waals surface area (Å²) in [6, 6.07) is 9.35. The zero-order valence-electron chi connectivity index (χ0n) is 14.2. The van der Waals surface area contributed by atoms with E-state index in [1.54, 1.807) is 11.6 Å². The van der Waals surface area contributed by atoms with Crippen molar-refractivity contribution in [2.24, 2.45) is 5.92 Å². The van der Waals surface area contributed by atoms with Crippen molar-refractivity contribution in [3.8, 4) is 5.69 Å². The van der Waals surface area contributed by atoms with E-state index in [0.717, 1.165) is 12.1 Å².